The number of anilines is 1. The van der Waals surface area contributed by atoms with Crippen molar-refractivity contribution in [2.75, 3.05) is 12.3 Å². The summed E-state index contributed by atoms with van der Waals surface area (Å²) >= 11 is 1.18. The van der Waals surface area contributed by atoms with Crippen molar-refractivity contribution in [3.8, 4) is 0 Å². The Kier molecular flexibility index (Phi) is 3.99. The first-order valence-corrected chi connectivity index (χ1v) is 6.95. The molecule has 94 valence electrons. The Balaban J connectivity index is 1.86. The molecule has 0 atom stereocenters. The number of carbonyl (C=O) groups is 1. The molecule has 0 aliphatic heterocycles. The summed E-state index contributed by atoms with van der Waals surface area (Å²) in [5.41, 5.74) is 6.44. The van der Waals surface area contributed by atoms with Gasteiger partial charge in [-0.25, -0.2) is 0 Å². The Morgan fingerprint density at radius 2 is 2.18 bits per heavy atom. The highest BCUT2D eigenvalue weighted by Crippen LogP contribution is 2.23. The Labute approximate surface area is 106 Å². The van der Waals surface area contributed by atoms with Gasteiger partial charge < -0.3 is 11.1 Å². The molecule has 1 aromatic rings. The maximum Gasteiger partial charge on any atom is 0.263 e. The molecular formula is C12H19N3OS. The molecule has 0 spiro atoms. The molecule has 0 unspecified atom stereocenters. The van der Waals surface area contributed by atoms with Crippen LogP contribution in [-0.2, 0) is 0 Å². The zero-order valence-corrected chi connectivity index (χ0v) is 11.0. The number of rotatable bonds is 3. The fourth-order valence-electron chi connectivity index (χ4n) is 2.27. The third-order valence-corrected chi connectivity index (χ3v) is 4.40. The molecule has 0 aromatic carbocycles. The minimum atomic E-state index is -0.0257. The number of hydrogen-bond donors (Lipinski definition) is 2. The van der Waals surface area contributed by atoms with Gasteiger partial charge in [-0.15, -0.1) is 0 Å². The van der Waals surface area contributed by atoms with Gasteiger partial charge in [-0.1, -0.05) is 19.3 Å². The van der Waals surface area contributed by atoms with Crippen LogP contribution in [0, 0.1) is 12.8 Å². The summed E-state index contributed by atoms with van der Waals surface area (Å²) in [6, 6.07) is 0. The first kappa shape index (κ1) is 12.4. The second kappa shape index (κ2) is 5.49. The number of nitrogen functional groups attached to an aromatic ring is 1. The van der Waals surface area contributed by atoms with Crippen LogP contribution in [0.5, 0.6) is 0 Å². The average Bonchev–Trinajstić information content (AvgIpc) is 2.69. The summed E-state index contributed by atoms with van der Waals surface area (Å²) in [5.74, 6) is 1.10. The van der Waals surface area contributed by atoms with E-state index in [2.05, 4.69) is 9.69 Å². The number of amides is 1. The van der Waals surface area contributed by atoms with E-state index >= 15 is 0 Å². The van der Waals surface area contributed by atoms with E-state index in [0.717, 1.165) is 12.1 Å². The molecule has 1 fully saturated rings. The Bertz CT molecular complexity index is 396. The van der Waals surface area contributed by atoms with Crippen LogP contribution >= 0.6 is 11.5 Å². The highest BCUT2D eigenvalue weighted by Gasteiger charge is 2.18. The number of aromatic nitrogens is 1. The average molecular weight is 253 g/mol. The van der Waals surface area contributed by atoms with Gasteiger partial charge in [0.15, 0.2) is 0 Å². The molecule has 1 amide bonds. The molecule has 1 aromatic heterocycles. The van der Waals surface area contributed by atoms with Crippen LogP contribution in [0.4, 0.5) is 5.82 Å². The highest BCUT2D eigenvalue weighted by atomic mass is 32.1. The first-order chi connectivity index (χ1) is 8.18. The quantitative estimate of drug-likeness (QED) is 0.868. The van der Waals surface area contributed by atoms with Gasteiger partial charge in [-0.05, 0) is 37.2 Å². The highest BCUT2D eigenvalue weighted by molar-refractivity contribution is 7.08. The summed E-state index contributed by atoms with van der Waals surface area (Å²) in [6.07, 6.45) is 6.42. The lowest BCUT2D eigenvalue weighted by Gasteiger charge is -2.21. The third kappa shape index (κ3) is 2.97. The number of nitrogens with zero attached hydrogens (tertiary/aromatic N) is 1. The van der Waals surface area contributed by atoms with Crippen molar-refractivity contribution in [1.82, 2.24) is 9.69 Å². The lowest BCUT2D eigenvalue weighted by Crippen LogP contribution is -2.30. The van der Waals surface area contributed by atoms with Crippen molar-refractivity contribution in [2.45, 2.75) is 39.0 Å². The number of carbonyl (C=O) groups excluding carboxylic acids is 1. The van der Waals surface area contributed by atoms with Crippen molar-refractivity contribution in [1.29, 1.82) is 0 Å². The molecule has 0 saturated heterocycles. The fourth-order valence-corrected chi connectivity index (χ4v) is 2.99. The predicted octanol–water partition coefficient (Wildman–Crippen LogP) is 2.34. The zero-order chi connectivity index (χ0) is 12.3. The molecule has 1 heterocycles. The van der Waals surface area contributed by atoms with Crippen LogP contribution in [0.25, 0.3) is 0 Å². The molecule has 0 bridgehead atoms. The van der Waals surface area contributed by atoms with E-state index in [1.165, 1.54) is 43.6 Å². The summed E-state index contributed by atoms with van der Waals surface area (Å²) in [5, 5.41) is 3.00. The minimum absolute atomic E-state index is 0.0257. The van der Waals surface area contributed by atoms with Gasteiger partial charge in [0.2, 0.25) is 0 Å². The van der Waals surface area contributed by atoms with Gasteiger partial charge in [0.1, 0.15) is 10.7 Å². The predicted molar refractivity (Wildman–Crippen MR) is 70.2 cm³/mol. The van der Waals surface area contributed by atoms with Crippen LogP contribution in [0.2, 0.25) is 0 Å². The maximum atomic E-state index is 11.9. The van der Waals surface area contributed by atoms with Crippen molar-refractivity contribution in [3.63, 3.8) is 0 Å². The normalized spacial score (nSPS) is 17.0. The molecule has 3 N–H and O–H groups in total. The van der Waals surface area contributed by atoms with Crippen molar-refractivity contribution in [2.24, 2.45) is 5.92 Å². The third-order valence-electron chi connectivity index (χ3n) is 3.44. The zero-order valence-electron chi connectivity index (χ0n) is 10.2. The SMILES string of the molecule is Cc1c(N)nsc1C(=O)NCC1CCCCC1. The molecule has 5 heteroatoms. The van der Waals surface area contributed by atoms with Gasteiger partial charge >= 0.3 is 0 Å². The maximum absolute atomic E-state index is 11.9. The van der Waals surface area contributed by atoms with Crippen molar-refractivity contribution >= 4 is 23.3 Å². The summed E-state index contributed by atoms with van der Waals surface area (Å²) < 4.78 is 3.99. The summed E-state index contributed by atoms with van der Waals surface area (Å²) in [7, 11) is 0. The van der Waals surface area contributed by atoms with E-state index in [0.29, 0.717) is 16.6 Å². The molecule has 1 aliphatic rings. The Morgan fingerprint density at radius 3 is 2.76 bits per heavy atom. The van der Waals surface area contributed by atoms with E-state index in [4.69, 9.17) is 5.73 Å². The summed E-state index contributed by atoms with van der Waals surface area (Å²) in [4.78, 5) is 12.6. The van der Waals surface area contributed by atoms with Gasteiger partial charge in [0.05, 0.1) is 0 Å². The van der Waals surface area contributed by atoms with Gasteiger partial charge in [-0.2, -0.15) is 4.37 Å². The lowest BCUT2D eigenvalue weighted by atomic mass is 9.89. The molecule has 1 aliphatic carbocycles. The van der Waals surface area contributed by atoms with E-state index < -0.39 is 0 Å². The number of nitrogens with one attached hydrogen (secondary N) is 1. The van der Waals surface area contributed by atoms with Crippen molar-refractivity contribution < 1.29 is 4.79 Å². The number of nitrogens with two attached hydrogens (primary N) is 1. The number of hydrogen-bond acceptors (Lipinski definition) is 4. The second-order valence-corrected chi connectivity index (χ2v) is 5.51. The fraction of sp³-hybridized carbons (Fsp3) is 0.667. The van der Waals surface area contributed by atoms with Crippen LogP contribution < -0.4 is 11.1 Å². The van der Waals surface area contributed by atoms with Crippen LogP contribution in [-0.4, -0.2) is 16.8 Å². The van der Waals surface area contributed by atoms with Gasteiger partial charge in [0, 0.05) is 12.1 Å². The Morgan fingerprint density at radius 1 is 1.47 bits per heavy atom. The molecule has 2 rings (SSSR count). The van der Waals surface area contributed by atoms with E-state index in [1.807, 2.05) is 6.92 Å². The second-order valence-electron chi connectivity index (χ2n) is 4.74. The lowest BCUT2D eigenvalue weighted by molar-refractivity contribution is 0.0947. The first-order valence-electron chi connectivity index (χ1n) is 6.18. The molecule has 1 saturated carbocycles. The van der Waals surface area contributed by atoms with Crippen LogP contribution in [0.3, 0.4) is 0 Å². The van der Waals surface area contributed by atoms with Gasteiger partial charge in [-0.3, -0.25) is 4.79 Å². The van der Waals surface area contributed by atoms with E-state index in [9.17, 15) is 4.79 Å². The molecule has 0 radical (unpaired) electrons. The van der Waals surface area contributed by atoms with Crippen molar-refractivity contribution in [3.05, 3.63) is 10.4 Å². The largest absolute Gasteiger partial charge is 0.383 e. The molecule has 4 nitrogen and oxygen atoms in total. The molecule has 17 heavy (non-hydrogen) atoms. The van der Waals surface area contributed by atoms with Crippen LogP contribution in [0.1, 0.15) is 47.3 Å². The summed E-state index contributed by atoms with van der Waals surface area (Å²) in [6.45, 7) is 2.63. The van der Waals surface area contributed by atoms with E-state index in [-0.39, 0.29) is 5.91 Å². The molecular weight excluding hydrogens is 234 g/mol. The topological polar surface area (TPSA) is 68.0 Å². The standard InChI is InChI=1S/C12H19N3OS/c1-8-10(17-15-11(8)13)12(16)14-7-9-5-3-2-4-6-9/h9H,2-7H2,1H3,(H2,13,15)(H,14,16). The smallest absolute Gasteiger partial charge is 0.263 e. The minimum Gasteiger partial charge on any atom is -0.383 e. The van der Waals surface area contributed by atoms with Crippen LogP contribution in [0.15, 0.2) is 0 Å². The Hall–Kier alpha value is -1.10. The van der Waals surface area contributed by atoms with E-state index in [1.54, 1.807) is 0 Å². The monoisotopic (exact) mass is 253 g/mol. The van der Waals surface area contributed by atoms with Gasteiger partial charge in [0.25, 0.3) is 5.91 Å².